The van der Waals surface area contributed by atoms with Crippen LogP contribution >= 0.6 is 0 Å². The maximum Gasteiger partial charge on any atom is 0.170 e. The summed E-state index contributed by atoms with van der Waals surface area (Å²) in [5.74, 6) is -5.95. The van der Waals surface area contributed by atoms with E-state index in [4.69, 9.17) is 9.97 Å². The van der Waals surface area contributed by atoms with Gasteiger partial charge in [0.15, 0.2) is 23.3 Å². The Kier molecular flexibility index (Phi) is 6.41. The zero-order valence-corrected chi connectivity index (χ0v) is 28.3. The lowest BCUT2D eigenvalue weighted by molar-refractivity contribution is 0.463. The number of benzene rings is 9. The molecule has 9 aromatic carbocycles. The second-order valence-electron chi connectivity index (χ2n) is 13.7. The van der Waals surface area contributed by atoms with Gasteiger partial charge in [0, 0.05) is 32.7 Å². The number of hydrogen-bond donors (Lipinski definition) is 0. The second-order valence-corrected chi connectivity index (χ2v) is 13.7. The van der Waals surface area contributed by atoms with Crippen LogP contribution in [0, 0.1) is 23.3 Å². The van der Waals surface area contributed by atoms with Gasteiger partial charge in [0.05, 0.1) is 33.2 Å². The summed E-state index contributed by atoms with van der Waals surface area (Å²) in [5.41, 5.74) is 0.302. The molecule has 0 aliphatic rings. The molecule has 0 saturated carbocycles. The van der Waals surface area contributed by atoms with Crippen LogP contribution in [-0.4, -0.2) is 9.97 Å². The molecule has 54 heavy (non-hydrogen) atoms. The van der Waals surface area contributed by atoms with Crippen molar-refractivity contribution in [2.24, 2.45) is 0 Å². The molecule has 0 aliphatic carbocycles. The van der Waals surface area contributed by atoms with Gasteiger partial charge in [-0.1, -0.05) is 121 Å². The lowest BCUT2D eigenvalue weighted by Crippen LogP contribution is -2.06. The number of nitrogens with zero attached hydrogens (tertiary/aromatic N) is 2. The number of aromatic nitrogens is 2. The van der Waals surface area contributed by atoms with Crippen molar-refractivity contribution in [3.63, 3.8) is 0 Å². The van der Waals surface area contributed by atoms with Crippen molar-refractivity contribution in [2.75, 3.05) is 0 Å². The number of pyridine rings is 2. The predicted octanol–water partition coefficient (Wildman–Crippen LogP) is 13.6. The zero-order chi connectivity index (χ0) is 36.2. The first-order chi connectivity index (χ1) is 26.5. The molecule has 6 heteroatoms. The van der Waals surface area contributed by atoms with Crippen molar-refractivity contribution >= 4 is 86.7 Å². The van der Waals surface area contributed by atoms with Gasteiger partial charge in [0.25, 0.3) is 0 Å². The molecule has 0 radical (unpaired) electrons. The maximum absolute atomic E-state index is 17.5. The number of rotatable bonds is 2. The number of fused-ring (bicyclic) bond motifs is 12. The summed E-state index contributed by atoms with van der Waals surface area (Å²) in [5, 5.41) is 7.38. The number of hydrogen-bond acceptors (Lipinski definition) is 2. The molecular formula is C48H24F4N2. The largest absolute Gasteiger partial charge is 0.248 e. The maximum atomic E-state index is 17.5. The first-order valence-electron chi connectivity index (χ1n) is 17.6. The highest BCUT2D eigenvalue weighted by Gasteiger charge is 2.32. The average molecular weight is 705 g/mol. The minimum absolute atomic E-state index is 0.0447. The van der Waals surface area contributed by atoms with Crippen molar-refractivity contribution in [2.45, 2.75) is 0 Å². The van der Waals surface area contributed by atoms with Gasteiger partial charge in [-0.05, 0) is 67.4 Å². The SMILES string of the molecule is Fc1c(F)c(-c2c3c(ccc4ccccc43)nc3ccc4ccccc4c23)c(F)c(F)c1-c1c2c(ccc3ccccc32)nc2ccc3ccccc3c12. The first-order valence-corrected chi connectivity index (χ1v) is 17.6. The van der Waals surface area contributed by atoms with Crippen LogP contribution in [0.3, 0.4) is 0 Å². The molecule has 2 nitrogen and oxygen atoms in total. The molecule has 0 bridgehead atoms. The predicted molar refractivity (Wildman–Crippen MR) is 213 cm³/mol. The van der Waals surface area contributed by atoms with Crippen molar-refractivity contribution < 1.29 is 17.6 Å². The van der Waals surface area contributed by atoms with E-state index in [1.165, 1.54) is 0 Å². The highest BCUT2D eigenvalue weighted by Crippen LogP contribution is 2.49. The van der Waals surface area contributed by atoms with E-state index in [0.29, 0.717) is 65.2 Å². The van der Waals surface area contributed by atoms with E-state index < -0.39 is 34.4 Å². The smallest absolute Gasteiger partial charge is 0.170 e. The van der Waals surface area contributed by atoms with Gasteiger partial charge in [0.1, 0.15) is 0 Å². The Bertz CT molecular complexity index is 3000. The van der Waals surface area contributed by atoms with Gasteiger partial charge < -0.3 is 0 Å². The van der Waals surface area contributed by atoms with Crippen molar-refractivity contribution in [3.8, 4) is 22.3 Å². The fourth-order valence-electron chi connectivity index (χ4n) is 8.54. The molecule has 0 unspecified atom stereocenters. The van der Waals surface area contributed by atoms with E-state index in [2.05, 4.69) is 0 Å². The van der Waals surface area contributed by atoms with E-state index in [1.54, 1.807) is 24.3 Å². The molecule has 2 heterocycles. The van der Waals surface area contributed by atoms with Crippen LogP contribution in [0.4, 0.5) is 17.6 Å². The summed E-state index contributed by atoms with van der Waals surface area (Å²) in [6.45, 7) is 0. The van der Waals surface area contributed by atoms with E-state index in [-0.39, 0.29) is 11.1 Å². The standard InChI is InChI=1S/C48H24F4N2/c49-45-43(41-37-29-13-5-1-9-25(29)17-21-33(37)53-34-22-18-26-10-2-6-14-30(26)38(34)41)46(50)48(52)44(47(45)51)42-39-31-15-7-3-11-27(31)19-23-35(39)54-36-24-20-28-12-4-8-16-32(28)40(36)42/h1-24H. The summed E-state index contributed by atoms with van der Waals surface area (Å²) in [6.07, 6.45) is 0. The van der Waals surface area contributed by atoms with Crippen molar-refractivity contribution in [3.05, 3.63) is 169 Å². The molecule has 2 aromatic heterocycles. The fourth-order valence-corrected chi connectivity index (χ4v) is 8.54. The molecule has 11 aromatic rings. The van der Waals surface area contributed by atoms with Gasteiger partial charge in [0.2, 0.25) is 0 Å². The van der Waals surface area contributed by atoms with Crippen LogP contribution in [0.25, 0.3) is 109 Å². The van der Waals surface area contributed by atoms with E-state index >= 15 is 17.6 Å². The highest BCUT2D eigenvalue weighted by molar-refractivity contribution is 6.27. The normalized spacial score (nSPS) is 12.1. The quantitative estimate of drug-likeness (QED) is 0.0775. The van der Waals surface area contributed by atoms with Gasteiger partial charge in [-0.15, -0.1) is 0 Å². The first kappa shape index (κ1) is 30.7. The van der Waals surface area contributed by atoms with Crippen LogP contribution in [0.2, 0.25) is 0 Å². The van der Waals surface area contributed by atoms with E-state index in [0.717, 1.165) is 21.5 Å². The van der Waals surface area contributed by atoms with E-state index in [9.17, 15) is 0 Å². The van der Waals surface area contributed by atoms with Gasteiger partial charge in [-0.25, -0.2) is 27.5 Å². The minimum atomic E-state index is -1.49. The lowest BCUT2D eigenvalue weighted by Gasteiger charge is -2.20. The van der Waals surface area contributed by atoms with Crippen LogP contribution in [0.15, 0.2) is 146 Å². The van der Waals surface area contributed by atoms with Crippen LogP contribution in [0.1, 0.15) is 0 Å². The molecule has 254 valence electrons. The summed E-state index contributed by atoms with van der Waals surface area (Å²) in [7, 11) is 0. The molecule has 0 amide bonds. The Morgan fingerprint density at radius 3 is 0.759 bits per heavy atom. The third-order valence-corrected chi connectivity index (χ3v) is 10.9. The van der Waals surface area contributed by atoms with Crippen molar-refractivity contribution in [1.82, 2.24) is 9.97 Å². The Hall–Kier alpha value is -6.92. The van der Waals surface area contributed by atoms with Crippen LogP contribution < -0.4 is 0 Å². The Balaban J connectivity index is 1.36. The summed E-state index contributed by atoms with van der Waals surface area (Å²) in [6, 6.07) is 44.3. The molecule has 11 rings (SSSR count). The minimum Gasteiger partial charge on any atom is -0.248 e. The monoisotopic (exact) mass is 704 g/mol. The van der Waals surface area contributed by atoms with Gasteiger partial charge in [-0.3, -0.25) is 0 Å². The average Bonchev–Trinajstić information content (AvgIpc) is 3.22. The Morgan fingerprint density at radius 1 is 0.259 bits per heavy atom. The van der Waals surface area contributed by atoms with E-state index in [1.807, 2.05) is 121 Å². The molecule has 0 aliphatic heterocycles. The van der Waals surface area contributed by atoms with Crippen LogP contribution in [0.5, 0.6) is 0 Å². The molecule has 0 N–H and O–H groups in total. The third kappa shape index (κ3) is 4.16. The van der Waals surface area contributed by atoms with Crippen molar-refractivity contribution in [1.29, 1.82) is 0 Å². The molecule has 0 fully saturated rings. The second kappa shape index (κ2) is 11.3. The summed E-state index contributed by atoms with van der Waals surface area (Å²) < 4.78 is 70.2. The molecule has 0 atom stereocenters. The van der Waals surface area contributed by atoms with Gasteiger partial charge in [-0.2, -0.15) is 0 Å². The van der Waals surface area contributed by atoms with Gasteiger partial charge >= 0.3 is 0 Å². The summed E-state index contributed by atoms with van der Waals surface area (Å²) >= 11 is 0. The lowest BCUT2D eigenvalue weighted by atomic mass is 9.86. The van der Waals surface area contributed by atoms with Crippen LogP contribution in [-0.2, 0) is 0 Å². The Labute approximate surface area is 304 Å². The highest BCUT2D eigenvalue weighted by atomic mass is 19.2. The molecule has 0 spiro atoms. The molecule has 0 saturated heterocycles. The Morgan fingerprint density at radius 2 is 0.500 bits per heavy atom. The third-order valence-electron chi connectivity index (χ3n) is 10.9. The number of halogens is 4. The molecular weight excluding hydrogens is 681 g/mol. The topological polar surface area (TPSA) is 25.8 Å². The fraction of sp³-hybridized carbons (Fsp3) is 0. The zero-order valence-electron chi connectivity index (χ0n) is 28.3. The summed E-state index contributed by atoms with van der Waals surface area (Å²) in [4.78, 5) is 9.84.